The summed E-state index contributed by atoms with van der Waals surface area (Å²) in [7, 11) is 0. The number of nitriles is 1. The maximum Gasteiger partial charge on any atom is 0.338 e. The normalized spacial score (nSPS) is 16.6. The molecule has 1 aliphatic heterocycles. The lowest BCUT2D eigenvalue weighted by atomic mass is 9.82. The predicted octanol–water partition coefficient (Wildman–Crippen LogP) is 4.23. The summed E-state index contributed by atoms with van der Waals surface area (Å²) < 4.78 is 11.9. The molecule has 0 saturated heterocycles. The molecule has 0 amide bonds. The third-order valence-corrected chi connectivity index (χ3v) is 4.68. The Labute approximate surface area is 165 Å². The number of hydrogen-bond donors (Lipinski definition) is 1. The number of ether oxygens (including phenoxy) is 2. The van der Waals surface area contributed by atoms with Crippen LogP contribution in [-0.4, -0.2) is 12.6 Å². The van der Waals surface area contributed by atoms with Gasteiger partial charge in [0.15, 0.2) is 0 Å². The van der Waals surface area contributed by atoms with Gasteiger partial charge >= 0.3 is 5.97 Å². The number of carbonyl (C=O) groups is 1. The lowest BCUT2D eigenvalue weighted by Gasteiger charge is -2.28. The summed E-state index contributed by atoms with van der Waals surface area (Å²) in [6.07, 6.45) is 0. The second-order valence-electron chi connectivity index (χ2n) is 5.81. The number of hydrogen-bond acceptors (Lipinski definition) is 5. The van der Waals surface area contributed by atoms with E-state index in [1.807, 2.05) is 54.6 Å². The fourth-order valence-corrected chi connectivity index (χ4v) is 3.23. The van der Waals surface area contributed by atoms with Crippen LogP contribution in [-0.2, 0) is 14.3 Å². The summed E-state index contributed by atoms with van der Waals surface area (Å²) in [6.45, 7) is 1.94. The van der Waals surface area contributed by atoms with Crippen molar-refractivity contribution in [2.45, 2.75) is 12.8 Å². The fraction of sp³-hybridized carbons (Fsp3) is 0.143. The van der Waals surface area contributed by atoms with E-state index in [2.05, 4.69) is 22.0 Å². The van der Waals surface area contributed by atoms with Gasteiger partial charge in [-0.15, -0.1) is 0 Å². The molecule has 0 radical (unpaired) electrons. The maximum atomic E-state index is 12.9. The first kappa shape index (κ1) is 18.7. The SMILES string of the molecule is CCOC(=O)C1=C(c2ccccc2)OC(N)=C(C#N)C1c1ccc(Br)cc1. The van der Waals surface area contributed by atoms with Crippen molar-refractivity contribution in [3.63, 3.8) is 0 Å². The van der Waals surface area contributed by atoms with Crippen LogP contribution in [0.1, 0.15) is 24.0 Å². The van der Waals surface area contributed by atoms with Gasteiger partial charge in [-0.3, -0.25) is 0 Å². The zero-order valence-corrected chi connectivity index (χ0v) is 16.2. The van der Waals surface area contributed by atoms with Crippen LogP contribution in [0.25, 0.3) is 5.76 Å². The van der Waals surface area contributed by atoms with E-state index in [4.69, 9.17) is 15.2 Å². The number of rotatable bonds is 4. The number of nitrogens with two attached hydrogens (primary N) is 1. The molecule has 0 spiro atoms. The Morgan fingerprint density at radius 1 is 1.22 bits per heavy atom. The van der Waals surface area contributed by atoms with Gasteiger partial charge in [0.25, 0.3) is 0 Å². The van der Waals surface area contributed by atoms with Crippen molar-refractivity contribution in [2.24, 2.45) is 5.73 Å². The highest BCUT2D eigenvalue weighted by atomic mass is 79.9. The molecule has 0 bridgehead atoms. The number of benzene rings is 2. The number of allylic oxidation sites excluding steroid dienone is 1. The molecular weight excluding hydrogens is 408 g/mol. The summed E-state index contributed by atoms with van der Waals surface area (Å²) in [4.78, 5) is 12.9. The van der Waals surface area contributed by atoms with Gasteiger partial charge in [-0.2, -0.15) is 5.26 Å². The average Bonchev–Trinajstić information content (AvgIpc) is 2.68. The third-order valence-electron chi connectivity index (χ3n) is 4.15. The van der Waals surface area contributed by atoms with E-state index >= 15 is 0 Å². The van der Waals surface area contributed by atoms with Gasteiger partial charge in [0, 0.05) is 10.0 Å². The molecule has 136 valence electrons. The summed E-state index contributed by atoms with van der Waals surface area (Å²) in [5.41, 5.74) is 7.92. The average molecular weight is 425 g/mol. The highest BCUT2D eigenvalue weighted by molar-refractivity contribution is 9.10. The van der Waals surface area contributed by atoms with E-state index in [1.54, 1.807) is 6.92 Å². The van der Waals surface area contributed by atoms with Crippen molar-refractivity contribution in [1.82, 2.24) is 0 Å². The highest BCUT2D eigenvalue weighted by Gasteiger charge is 2.38. The zero-order valence-electron chi connectivity index (χ0n) is 14.6. The second kappa shape index (κ2) is 8.11. The van der Waals surface area contributed by atoms with Gasteiger partial charge in [0.05, 0.1) is 18.1 Å². The lowest BCUT2D eigenvalue weighted by molar-refractivity contribution is -0.138. The van der Waals surface area contributed by atoms with Gasteiger partial charge in [-0.25, -0.2) is 4.79 Å². The summed E-state index contributed by atoms with van der Waals surface area (Å²) in [5, 5.41) is 9.68. The van der Waals surface area contributed by atoms with Crippen molar-refractivity contribution < 1.29 is 14.3 Å². The Morgan fingerprint density at radius 2 is 1.89 bits per heavy atom. The van der Waals surface area contributed by atoms with Crippen LogP contribution in [0.2, 0.25) is 0 Å². The summed E-state index contributed by atoms with van der Waals surface area (Å²) >= 11 is 3.40. The number of halogens is 1. The number of carbonyl (C=O) groups excluding carboxylic acids is 1. The van der Waals surface area contributed by atoms with Crippen LogP contribution in [0.15, 0.2) is 76.1 Å². The van der Waals surface area contributed by atoms with E-state index in [-0.39, 0.29) is 23.6 Å². The van der Waals surface area contributed by atoms with Crippen molar-refractivity contribution in [3.05, 3.63) is 87.2 Å². The smallest absolute Gasteiger partial charge is 0.338 e. The van der Waals surface area contributed by atoms with Crippen molar-refractivity contribution in [1.29, 1.82) is 5.26 Å². The monoisotopic (exact) mass is 424 g/mol. The molecule has 5 nitrogen and oxygen atoms in total. The molecule has 1 aliphatic rings. The standard InChI is InChI=1S/C21H17BrN2O3/c1-2-26-21(25)18-17(13-8-10-15(22)11-9-13)16(12-23)20(24)27-19(18)14-6-4-3-5-7-14/h3-11,17H,2,24H2,1H3. The van der Waals surface area contributed by atoms with Crippen LogP contribution >= 0.6 is 15.9 Å². The molecule has 0 aromatic heterocycles. The van der Waals surface area contributed by atoms with E-state index < -0.39 is 11.9 Å². The van der Waals surface area contributed by atoms with Gasteiger partial charge in [0.1, 0.15) is 17.4 Å². The molecule has 0 saturated carbocycles. The van der Waals surface area contributed by atoms with Gasteiger partial charge in [0.2, 0.25) is 5.88 Å². The van der Waals surface area contributed by atoms with E-state index in [9.17, 15) is 10.1 Å². The highest BCUT2D eigenvalue weighted by Crippen LogP contribution is 2.42. The summed E-state index contributed by atoms with van der Waals surface area (Å²) in [6, 6.07) is 18.6. The van der Waals surface area contributed by atoms with E-state index in [0.29, 0.717) is 11.3 Å². The Balaban J connectivity index is 2.26. The van der Waals surface area contributed by atoms with Gasteiger partial charge < -0.3 is 15.2 Å². The Kier molecular flexibility index (Phi) is 5.63. The third kappa shape index (κ3) is 3.74. The molecule has 3 rings (SSSR count). The molecule has 0 aliphatic carbocycles. The minimum Gasteiger partial charge on any atom is -0.463 e. The van der Waals surface area contributed by atoms with Crippen LogP contribution in [0.4, 0.5) is 0 Å². The molecule has 2 aromatic rings. The lowest BCUT2D eigenvalue weighted by Crippen LogP contribution is -2.25. The van der Waals surface area contributed by atoms with Crippen LogP contribution in [0.3, 0.4) is 0 Å². The minimum absolute atomic E-state index is 0.0164. The minimum atomic E-state index is -0.675. The molecule has 1 atom stereocenters. The molecule has 27 heavy (non-hydrogen) atoms. The maximum absolute atomic E-state index is 12.9. The molecule has 2 N–H and O–H groups in total. The number of nitrogens with zero attached hydrogens (tertiary/aromatic N) is 1. The van der Waals surface area contributed by atoms with Crippen molar-refractivity contribution in [2.75, 3.05) is 6.61 Å². The number of esters is 1. The van der Waals surface area contributed by atoms with Crippen molar-refractivity contribution >= 4 is 27.7 Å². The Bertz CT molecular complexity index is 957. The molecule has 6 heteroatoms. The first-order chi connectivity index (χ1) is 13.1. The Hall–Kier alpha value is -3.04. The van der Waals surface area contributed by atoms with Crippen LogP contribution < -0.4 is 5.73 Å². The largest absolute Gasteiger partial charge is 0.463 e. The molecular formula is C21H17BrN2O3. The van der Waals surface area contributed by atoms with E-state index in [1.165, 1.54) is 0 Å². The molecule has 2 aromatic carbocycles. The van der Waals surface area contributed by atoms with E-state index in [0.717, 1.165) is 10.0 Å². The Morgan fingerprint density at radius 3 is 2.48 bits per heavy atom. The molecule has 0 fully saturated rings. The van der Waals surface area contributed by atoms with Gasteiger partial charge in [-0.05, 0) is 24.6 Å². The second-order valence-corrected chi connectivity index (χ2v) is 6.72. The topological polar surface area (TPSA) is 85.3 Å². The van der Waals surface area contributed by atoms with Crippen LogP contribution in [0, 0.1) is 11.3 Å². The van der Waals surface area contributed by atoms with Crippen LogP contribution in [0.5, 0.6) is 0 Å². The van der Waals surface area contributed by atoms with Gasteiger partial charge in [-0.1, -0.05) is 58.4 Å². The fourth-order valence-electron chi connectivity index (χ4n) is 2.97. The first-order valence-electron chi connectivity index (χ1n) is 8.36. The predicted molar refractivity (Wildman–Crippen MR) is 105 cm³/mol. The molecule has 1 unspecified atom stereocenters. The summed E-state index contributed by atoms with van der Waals surface area (Å²) in [5.74, 6) is -0.925. The zero-order chi connectivity index (χ0) is 19.4. The van der Waals surface area contributed by atoms with Crippen molar-refractivity contribution in [3.8, 4) is 6.07 Å². The molecule has 1 heterocycles. The quantitative estimate of drug-likeness (QED) is 0.741. The first-order valence-corrected chi connectivity index (χ1v) is 9.15.